The average Bonchev–Trinajstić information content (AvgIpc) is 3.34. The average molecular weight is 377 g/mol. The molecule has 0 spiro atoms. The number of nitrogens with zero attached hydrogens (tertiary/aromatic N) is 1. The van der Waals surface area contributed by atoms with E-state index in [-0.39, 0.29) is 11.7 Å². The molecule has 2 fully saturated rings. The van der Waals surface area contributed by atoms with E-state index in [0.717, 1.165) is 17.2 Å². The first-order chi connectivity index (χ1) is 13.7. The molecular weight excluding hydrogens is 353 g/mol. The first-order valence-electron chi connectivity index (χ1n) is 10.1. The van der Waals surface area contributed by atoms with Crippen LogP contribution in [-0.4, -0.2) is 34.9 Å². The number of aromatic amines is 1. The molecule has 2 atom stereocenters. The van der Waals surface area contributed by atoms with Gasteiger partial charge < -0.3 is 15.2 Å². The summed E-state index contributed by atoms with van der Waals surface area (Å²) in [6, 6.07) is 12.3. The molecule has 0 aliphatic carbocycles. The zero-order valence-corrected chi connectivity index (χ0v) is 15.7. The molecule has 1 aromatic heterocycles. The van der Waals surface area contributed by atoms with Gasteiger partial charge in [-0.1, -0.05) is 0 Å². The van der Waals surface area contributed by atoms with E-state index in [0.29, 0.717) is 11.5 Å². The third-order valence-electron chi connectivity index (χ3n) is 6.34. The van der Waals surface area contributed by atoms with E-state index in [2.05, 4.69) is 27.5 Å². The lowest BCUT2D eigenvalue weighted by Gasteiger charge is -2.34. The number of benzene rings is 2. The van der Waals surface area contributed by atoms with Crippen molar-refractivity contribution in [3.63, 3.8) is 0 Å². The van der Waals surface area contributed by atoms with Gasteiger partial charge in [-0.25, -0.2) is 4.39 Å². The highest BCUT2D eigenvalue weighted by Gasteiger charge is 2.33. The second-order valence-electron chi connectivity index (χ2n) is 8.02. The molecule has 2 saturated heterocycles. The van der Waals surface area contributed by atoms with Gasteiger partial charge in [-0.2, -0.15) is 0 Å². The Hall–Kier alpha value is -2.66. The van der Waals surface area contributed by atoms with E-state index in [1.54, 1.807) is 0 Å². The highest BCUT2D eigenvalue weighted by atomic mass is 19.1. The van der Waals surface area contributed by atoms with Gasteiger partial charge in [0, 0.05) is 34.4 Å². The molecule has 2 unspecified atom stereocenters. The number of nitrogens with one attached hydrogen (secondary N) is 2. The maximum absolute atomic E-state index is 13.1. The van der Waals surface area contributed by atoms with Gasteiger partial charge in [-0.3, -0.25) is 4.79 Å². The Bertz CT molecular complexity index is 1010. The van der Waals surface area contributed by atoms with Crippen LogP contribution >= 0.6 is 0 Å². The van der Waals surface area contributed by atoms with Gasteiger partial charge in [-0.15, -0.1) is 0 Å². The van der Waals surface area contributed by atoms with Gasteiger partial charge in [0.15, 0.2) is 0 Å². The lowest BCUT2D eigenvalue weighted by atomic mass is 9.85. The molecular formula is C23H24FN3O. The first-order valence-corrected chi connectivity index (χ1v) is 10.1. The summed E-state index contributed by atoms with van der Waals surface area (Å²) in [4.78, 5) is 18.5. The summed E-state index contributed by atoms with van der Waals surface area (Å²) >= 11 is 0. The minimum atomic E-state index is -0.344. The third kappa shape index (κ3) is 3.20. The number of hydrogen-bond acceptors (Lipinski definition) is 2. The van der Waals surface area contributed by atoms with Crippen molar-refractivity contribution >= 4 is 22.5 Å². The molecule has 0 bridgehead atoms. The van der Waals surface area contributed by atoms with Crippen LogP contribution in [0.15, 0.2) is 48.7 Å². The number of H-pyrrole nitrogens is 1. The summed E-state index contributed by atoms with van der Waals surface area (Å²) < 4.78 is 13.1. The number of piperidine rings is 1. The van der Waals surface area contributed by atoms with Crippen molar-refractivity contribution in [3.8, 4) is 0 Å². The maximum Gasteiger partial charge on any atom is 0.255 e. The summed E-state index contributed by atoms with van der Waals surface area (Å²) in [7, 11) is 0. The van der Waals surface area contributed by atoms with Crippen LogP contribution in [0.5, 0.6) is 0 Å². The standard InChI is InChI=1S/C23H24FN3O/c24-17-5-3-15(4-6-17)23(28)26-18-7-8-22-20(13-18)21(14-25-22)16-9-11-27-10-1-2-19(27)12-16/h3-8,13-14,16,19,25H,1-2,9-12H2,(H,26,28). The molecule has 3 heterocycles. The van der Waals surface area contributed by atoms with E-state index in [4.69, 9.17) is 0 Å². The third-order valence-corrected chi connectivity index (χ3v) is 6.34. The summed E-state index contributed by atoms with van der Waals surface area (Å²) in [5, 5.41) is 4.13. The molecule has 0 radical (unpaired) electrons. The molecule has 3 aromatic rings. The van der Waals surface area contributed by atoms with Crippen LogP contribution in [0.4, 0.5) is 10.1 Å². The number of rotatable bonds is 3. The number of anilines is 1. The van der Waals surface area contributed by atoms with Crippen molar-refractivity contribution in [2.24, 2.45) is 0 Å². The second-order valence-corrected chi connectivity index (χ2v) is 8.02. The summed E-state index contributed by atoms with van der Waals surface area (Å²) in [5.74, 6) is -0.00454. The van der Waals surface area contributed by atoms with Gasteiger partial charge in [-0.05, 0) is 92.7 Å². The number of fused-ring (bicyclic) bond motifs is 2. The highest BCUT2D eigenvalue weighted by molar-refractivity contribution is 6.05. The van der Waals surface area contributed by atoms with Crippen LogP contribution < -0.4 is 5.32 Å². The van der Waals surface area contributed by atoms with Gasteiger partial charge in [0.2, 0.25) is 0 Å². The predicted molar refractivity (Wildman–Crippen MR) is 109 cm³/mol. The fraction of sp³-hybridized carbons (Fsp3) is 0.348. The second kappa shape index (κ2) is 7.06. The number of carbonyl (C=O) groups is 1. The number of amides is 1. The number of hydrogen-bond donors (Lipinski definition) is 2. The lowest BCUT2D eigenvalue weighted by molar-refractivity contribution is 0.102. The van der Waals surface area contributed by atoms with Crippen molar-refractivity contribution < 1.29 is 9.18 Å². The van der Waals surface area contributed by atoms with Gasteiger partial charge >= 0.3 is 0 Å². The van der Waals surface area contributed by atoms with Crippen LogP contribution in [0.1, 0.15) is 47.5 Å². The van der Waals surface area contributed by atoms with Crippen LogP contribution in [-0.2, 0) is 0 Å². The molecule has 4 nitrogen and oxygen atoms in total. The molecule has 2 aliphatic rings. The normalized spacial score (nSPS) is 22.3. The topological polar surface area (TPSA) is 48.1 Å². The molecule has 2 aliphatic heterocycles. The van der Waals surface area contributed by atoms with Gasteiger partial charge in [0.1, 0.15) is 5.82 Å². The molecule has 5 rings (SSSR count). The van der Waals surface area contributed by atoms with E-state index in [1.807, 2.05) is 12.1 Å². The molecule has 5 heteroatoms. The monoisotopic (exact) mass is 377 g/mol. The fourth-order valence-electron chi connectivity index (χ4n) is 4.87. The predicted octanol–water partition coefficient (Wildman–Crippen LogP) is 4.90. The first kappa shape index (κ1) is 17.4. The van der Waals surface area contributed by atoms with Crippen molar-refractivity contribution in [1.29, 1.82) is 0 Å². The van der Waals surface area contributed by atoms with E-state index >= 15 is 0 Å². The van der Waals surface area contributed by atoms with Crippen molar-refractivity contribution in [3.05, 3.63) is 65.6 Å². The van der Waals surface area contributed by atoms with Crippen molar-refractivity contribution in [2.75, 3.05) is 18.4 Å². The highest BCUT2D eigenvalue weighted by Crippen LogP contribution is 2.39. The number of halogens is 1. The summed E-state index contributed by atoms with van der Waals surface area (Å²) in [5.41, 5.74) is 3.67. The maximum atomic E-state index is 13.1. The van der Waals surface area contributed by atoms with Gasteiger partial charge in [0.25, 0.3) is 5.91 Å². The Morgan fingerprint density at radius 1 is 1.11 bits per heavy atom. The molecule has 144 valence electrons. The van der Waals surface area contributed by atoms with Crippen LogP contribution in [0.25, 0.3) is 10.9 Å². The van der Waals surface area contributed by atoms with Crippen molar-refractivity contribution in [1.82, 2.24) is 9.88 Å². The summed E-state index contributed by atoms with van der Waals surface area (Å²) in [6.07, 6.45) is 7.20. The van der Waals surface area contributed by atoms with Gasteiger partial charge in [0.05, 0.1) is 0 Å². The Morgan fingerprint density at radius 3 is 2.82 bits per heavy atom. The Kier molecular flexibility index (Phi) is 4.40. The quantitative estimate of drug-likeness (QED) is 0.682. The van der Waals surface area contributed by atoms with Crippen molar-refractivity contribution in [2.45, 2.75) is 37.6 Å². The molecule has 2 N–H and O–H groups in total. The Labute approximate surface area is 163 Å². The minimum Gasteiger partial charge on any atom is -0.361 e. The zero-order chi connectivity index (χ0) is 19.1. The molecule has 0 saturated carbocycles. The lowest BCUT2D eigenvalue weighted by Crippen LogP contribution is -2.37. The SMILES string of the molecule is O=C(Nc1ccc2[nH]cc(C3CCN4CCCC4C3)c2c1)c1ccc(F)cc1. The molecule has 28 heavy (non-hydrogen) atoms. The summed E-state index contributed by atoms with van der Waals surface area (Å²) in [6.45, 7) is 2.44. The van der Waals surface area contributed by atoms with Crippen LogP contribution in [0.2, 0.25) is 0 Å². The largest absolute Gasteiger partial charge is 0.361 e. The number of aromatic nitrogens is 1. The van der Waals surface area contributed by atoms with E-state index in [9.17, 15) is 9.18 Å². The molecule has 2 aromatic carbocycles. The fourth-order valence-corrected chi connectivity index (χ4v) is 4.87. The van der Waals surface area contributed by atoms with Crippen LogP contribution in [0.3, 0.4) is 0 Å². The van der Waals surface area contributed by atoms with E-state index < -0.39 is 0 Å². The molecule has 1 amide bonds. The number of carbonyl (C=O) groups excluding carboxylic acids is 1. The minimum absolute atomic E-state index is 0.226. The smallest absolute Gasteiger partial charge is 0.255 e. The van der Waals surface area contributed by atoms with Crippen LogP contribution in [0, 0.1) is 5.82 Å². The zero-order valence-electron chi connectivity index (χ0n) is 15.7. The Morgan fingerprint density at radius 2 is 1.96 bits per heavy atom. The van der Waals surface area contributed by atoms with E-state index in [1.165, 1.54) is 74.0 Å². The Balaban J connectivity index is 1.39.